The summed E-state index contributed by atoms with van der Waals surface area (Å²) in [5.74, 6) is 0.760. The summed E-state index contributed by atoms with van der Waals surface area (Å²) in [5, 5.41) is 4.61. The van der Waals surface area contributed by atoms with Crippen molar-refractivity contribution in [3.63, 3.8) is 0 Å². The molecule has 4 rings (SSSR count). The molecule has 0 saturated carbocycles. The lowest BCUT2D eigenvalue weighted by atomic mass is 10.0. The number of pyridine rings is 1. The lowest BCUT2D eigenvalue weighted by Crippen LogP contribution is -2.47. The predicted octanol–water partition coefficient (Wildman–Crippen LogP) is 2.76. The minimum absolute atomic E-state index is 0.0101. The van der Waals surface area contributed by atoms with Gasteiger partial charge in [0, 0.05) is 44.2 Å². The minimum Gasteiger partial charge on any atom is -0.494 e. The molecule has 1 amide bonds. The van der Waals surface area contributed by atoms with Crippen LogP contribution in [0.3, 0.4) is 0 Å². The number of alkyl halides is 1. The van der Waals surface area contributed by atoms with Crippen molar-refractivity contribution in [1.82, 2.24) is 14.8 Å². The second-order valence-corrected chi connectivity index (χ2v) is 8.30. The van der Waals surface area contributed by atoms with Gasteiger partial charge >= 0.3 is 0 Å². The molecule has 1 aromatic carbocycles. The fourth-order valence-electron chi connectivity index (χ4n) is 4.54. The number of nitrogens with one attached hydrogen (secondary N) is 1. The third-order valence-corrected chi connectivity index (χ3v) is 6.14. The van der Waals surface area contributed by atoms with E-state index in [0.29, 0.717) is 19.0 Å². The molecule has 2 aromatic rings. The molecule has 2 aliphatic rings. The molecule has 31 heavy (non-hydrogen) atoms. The molecule has 166 valence electrons. The zero-order valence-corrected chi connectivity index (χ0v) is 18.1. The first-order valence-electron chi connectivity index (χ1n) is 10.8. The average Bonchev–Trinajstić information content (AvgIpc) is 3.15. The van der Waals surface area contributed by atoms with Gasteiger partial charge in [0.25, 0.3) is 0 Å². The van der Waals surface area contributed by atoms with Gasteiger partial charge in [0.05, 0.1) is 38.1 Å². The monoisotopic (exact) mass is 427 g/mol. The van der Waals surface area contributed by atoms with Crippen LogP contribution in [0.15, 0.2) is 35.5 Å². The van der Waals surface area contributed by atoms with E-state index in [-0.39, 0.29) is 18.5 Å². The lowest BCUT2D eigenvalue weighted by Gasteiger charge is -2.33. The van der Waals surface area contributed by atoms with Crippen LogP contribution in [-0.2, 0) is 4.79 Å². The Balaban J connectivity index is 1.30. The Hall–Kier alpha value is -2.74. The van der Waals surface area contributed by atoms with Crippen molar-refractivity contribution in [2.75, 3.05) is 45.7 Å². The van der Waals surface area contributed by atoms with Crippen LogP contribution in [0.5, 0.6) is 5.75 Å². The van der Waals surface area contributed by atoms with E-state index < -0.39 is 6.17 Å². The molecule has 2 atom stereocenters. The van der Waals surface area contributed by atoms with Crippen LogP contribution >= 0.6 is 0 Å². The van der Waals surface area contributed by atoms with Gasteiger partial charge in [0.2, 0.25) is 5.91 Å². The van der Waals surface area contributed by atoms with Crippen LogP contribution in [0.4, 0.5) is 10.1 Å². The highest BCUT2D eigenvalue weighted by Crippen LogP contribution is 2.26. The summed E-state index contributed by atoms with van der Waals surface area (Å²) in [6.45, 7) is 2.17. The van der Waals surface area contributed by atoms with E-state index in [1.807, 2.05) is 24.4 Å². The minimum atomic E-state index is -0.961. The Bertz CT molecular complexity index is 945. The van der Waals surface area contributed by atoms with Crippen LogP contribution in [0, 0.1) is 0 Å². The molecular formula is C23H30FN5O2. The number of carbonyl (C=O) groups is 1. The maximum absolute atomic E-state index is 13.8. The van der Waals surface area contributed by atoms with Crippen molar-refractivity contribution in [2.45, 2.75) is 37.5 Å². The van der Waals surface area contributed by atoms with Gasteiger partial charge in [-0.3, -0.25) is 19.7 Å². The number of halogens is 1. The normalized spacial score (nSPS) is 23.0. The number of benzene rings is 1. The Labute approximate surface area is 182 Å². The van der Waals surface area contributed by atoms with E-state index in [0.717, 1.165) is 48.3 Å². The van der Waals surface area contributed by atoms with E-state index in [1.165, 1.54) is 0 Å². The van der Waals surface area contributed by atoms with Gasteiger partial charge in [-0.2, -0.15) is 0 Å². The van der Waals surface area contributed by atoms with Crippen molar-refractivity contribution < 1.29 is 13.9 Å². The van der Waals surface area contributed by atoms with Crippen LogP contribution in [-0.4, -0.2) is 85.5 Å². The highest BCUT2D eigenvalue weighted by Gasteiger charge is 2.35. The summed E-state index contributed by atoms with van der Waals surface area (Å²) in [7, 11) is 3.31. The number of piperidine rings is 1. The highest BCUT2D eigenvalue weighted by molar-refractivity contribution is 5.86. The summed E-state index contributed by atoms with van der Waals surface area (Å²) in [6, 6.07) is 8.11. The molecule has 0 unspecified atom stereocenters. The van der Waals surface area contributed by atoms with Gasteiger partial charge in [0.1, 0.15) is 17.4 Å². The van der Waals surface area contributed by atoms with Gasteiger partial charge in [-0.25, -0.2) is 4.39 Å². The summed E-state index contributed by atoms with van der Waals surface area (Å²) in [4.78, 5) is 25.1. The Morgan fingerprint density at radius 1 is 1.39 bits per heavy atom. The van der Waals surface area contributed by atoms with Gasteiger partial charge < -0.3 is 15.0 Å². The number of ether oxygens (including phenoxy) is 1. The van der Waals surface area contributed by atoms with E-state index >= 15 is 0 Å². The Morgan fingerprint density at radius 3 is 2.94 bits per heavy atom. The number of fused-ring (bicyclic) bond motifs is 1. The number of hydrogen-bond donors (Lipinski definition) is 1. The Kier molecular flexibility index (Phi) is 6.65. The van der Waals surface area contributed by atoms with Crippen LogP contribution < -0.4 is 10.1 Å². The van der Waals surface area contributed by atoms with Gasteiger partial charge in [0.15, 0.2) is 0 Å². The first-order chi connectivity index (χ1) is 15.1. The second-order valence-electron chi connectivity index (χ2n) is 8.30. The summed E-state index contributed by atoms with van der Waals surface area (Å²) in [6.07, 6.45) is 4.79. The zero-order valence-electron chi connectivity index (χ0n) is 18.1. The number of likely N-dealkylation sites (tertiary alicyclic amines) is 2. The van der Waals surface area contributed by atoms with Gasteiger partial charge in [-0.15, -0.1) is 0 Å². The number of para-hydroxylation sites is 1. The molecule has 2 saturated heterocycles. The third-order valence-electron chi connectivity index (χ3n) is 6.14. The average molecular weight is 428 g/mol. The highest BCUT2D eigenvalue weighted by atomic mass is 19.1. The molecule has 2 fully saturated rings. The zero-order chi connectivity index (χ0) is 21.8. The molecule has 0 aliphatic carbocycles. The Morgan fingerprint density at radius 2 is 2.19 bits per heavy atom. The number of carbonyl (C=O) groups excluding carboxylic acids is 1. The first-order valence-corrected chi connectivity index (χ1v) is 10.8. The number of nitrogens with zero attached hydrogens (tertiary/aromatic N) is 4. The third kappa shape index (κ3) is 4.95. The number of methoxy groups -OCH3 is 1. The molecular weight excluding hydrogens is 397 g/mol. The molecule has 0 bridgehead atoms. The van der Waals surface area contributed by atoms with Gasteiger partial charge in [-0.1, -0.05) is 12.1 Å². The van der Waals surface area contributed by atoms with Crippen molar-refractivity contribution in [3.05, 3.63) is 30.5 Å². The summed E-state index contributed by atoms with van der Waals surface area (Å²) < 4.78 is 19.2. The number of amides is 1. The quantitative estimate of drug-likeness (QED) is 0.718. The van der Waals surface area contributed by atoms with Crippen molar-refractivity contribution in [1.29, 1.82) is 0 Å². The van der Waals surface area contributed by atoms with Crippen LogP contribution in [0.25, 0.3) is 10.9 Å². The van der Waals surface area contributed by atoms with E-state index in [1.54, 1.807) is 25.3 Å². The maximum atomic E-state index is 13.8. The first kappa shape index (κ1) is 21.5. The fourth-order valence-corrected chi connectivity index (χ4v) is 4.54. The van der Waals surface area contributed by atoms with E-state index in [9.17, 15) is 9.18 Å². The molecule has 2 aliphatic heterocycles. The molecule has 3 heterocycles. The van der Waals surface area contributed by atoms with Gasteiger partial charge in [-0.05, 0) is 25.0 Å². The van der Waals surface area contributed by atoms with Crippen molar-refractivity contribution in [2.24, 2.45) is 4.99 Å². The topological polar surface area (TPSA) is 70.1 Å². The lowest BCUT2D eigenvalue weighted by molar-refractivity contribution is -0.132. The molecule has 0 spiro atoms. The standard InChI is InChI=1S/C23H30FN5O2/c1-25-13-20-11-17(24)14-29(20)22(30)15-28-8-6-18(7-9-28)27-19-10-16-4-3-5-21(31-2)23(16)26-12-19/h3-5,10,12-13,17-18,20,27H,6-9,11,14-15H2,1-2H3/t17-,20-/m0/s1. The molecule has 8 heteroatoms. The van der Waals surface area contributed by atoms with E-state index in [2.05, 4.69) is 26.3 Å². The SMILES string of the molecule is CN=C[C@@H]1C[C@H](F)CN1C(=O)CN1CCC(Nc2cnc3c(OC)cccc3c2)CC1. The van der Waals surface area contributed by atoms with Crippen molar-refractivity contribution in [3.8, 4) is 5.75 Å². The second kappa shape index (κ2) is 9.60. The summed E-state index contributed by atoms with van der Waals surface area (Å²) >= 11 is 0. The molecule has 0 radical (unpaired) electrons. The maximum Gasteiger partial charge on any atom is 0.237 e. The number of anilines is 1. The summed E-state index contributed by atoms with van der Waals surface area (Å²) in [5.41, 5.74) is 1.84. The number of hydrogen-bond acceptors (Lipinski definition) is 6. The number of rotatable bonds is 6. The smallest absolute Gasteiger partial charge is 0.237 e. The van der Waals surface area contributed by atoms with E-state index in [4.69, 9.17) is 4.74 Å². The molecule has 1 N–H and O–H groups in total. The number of aliphatic imine (C=N–C) groups is 1. The molecule has 1 aromatic heterocycles. The largest absolute Gasteiger partial charge is 0.494 e. The predicted molar refractivity (Wildman–Crippen MR) is 121 cm³/mol. The molecule has 7 nitrogen and oxygen atoms in total. The fraction of sp³-hybridized carbons (Fsp3) is 0.522. The van der Waals surface area contributed by atoms with Crippen LogP contribution in [0.1, 0.15) is 19.3 Å². The van der Waals surface area contributed by atoms with Crippen molar-refractivity contribution >= 4 is 28.7 Å². The van der Waals surface area contributed by atoms with Crippen LogP contribution in [0.2, 0.25) is 0 Å². The number of aromatic nitrogens is 1.